The van der Waals surface area contributed by atoms with Gasteiger partial charge in [0.25, 0.3) is 5.91 Å². The van der Waals surface area contributed by atoms with E-state index >= 15 is 0 Å². The van der Waals surface area contributed by atoms with Gasteiger partial charge in [-0.3, -0.25) is 9.69 Å². The fourth-order valence-electron chi connectivity index (χ4n) is 4.19. The fraction of sp³-hybridized carbons (Fsp3) is 0.414. The predicted molar refractivity (Wildman–Crippen MR) is 138 cm³/mol. The molecule has 188 valence electrons. The molecular weight excluding hydrogens is 441 g/mol. The molecular formula is C29H38FN3O2. The summed E-state index contributed by atoms with van der Waals surface area (Å²) in [6, 6.07) is 20.5. The maximum absolute atomic E-state index is 13.4. The van der Waals surface area contributed by atoms with Gasteiger partial charge in [0.2, 0.25) is 0 Å². The lowest BCUT2D eigenvalue weighted by Crippen LogP contribution is -2.33. The first kappa shape index (κ1) is 26.6. The molecule has 5 nitrogen and oxygen atoms in total. The lowest BCUT2D eigenvalue weighted by atomic mass is 10.1. The van der Waals surface area contributed by atoms with Crippen LogP contribution in [0.25, 0.3) is 0 Å². The molecule has 1 aromatic heterocycles. The number of nitrogens with one attached hydrogen (secondary N) is 1. The molecule has 0 fully saturated rings. The standard InChI is InChI=1S/C29H38FN3O2/c1-4-32(5-2)19-9-10-23(3)31-29(34)28-18-17-27(35-28)22-33(20-24-11-7-6-8-12-24)21-25-13-15-26(30)16-14-25/h6-8,11-18,23H,4-5,9-10,19-22H2,1-3H3,(H,31,34). The molecule has 3 aromatic rings. The van der Waals surface area contributed by atoms with Gasteiger partial charge in [-0.1, -0.05) is 56.3 Å². The van der Waals surface area contributed by atoms with Crippen LogP contribution in [0.3, 0.4) is 0 Å². The summed E-state index contributed by atoms with van der Waals surface area (Å²) >= 11 is 0. The number of nitrogens with zero attached hydrogens (tertiary/aromatic N) is 2. The van der Waals surface area contributed by atoms with Crippen molar-refractivity contribution in [2.75, 3.05) is 19.6 Å². The lowest BCUT2D eigenvalue weighted by Gasteiger charge is -2.21. The first-order chi connectivity index (χ1) is 17.0. The Bertz CT molecular complexity index is 1020. The summed E-state index contributed by atoms with van der Waals surface area (Å²) in [5, 5.41) is 3.06. The number of hydrogen-bond donors (Lipinski definition) is 1. The third kappa shape index (κ3) is 8.96. The van der Waals surface area contributed by atoms with E-state index in [2.05, 4.69) is 41.1 Å². The summed E-state index contributed by atoms with van der Waals surface area (Å²) in [5.41, 5.74) is 2.20. The molecule has 0 bridgehead atoms. The van der Waals surface area contributed by atoms with Gasteiger partial charge in [0.05, 0.1) is 6.54 Å². The Morgan fingerprint density at radius 3 is 2.20 bits per heavy atom. The van der Waals surface area contributed by atoms with E-state index < -0.39 is 0 Å². The van der Waals surface area contributed by atoms with Crippen LogP contribution >= 0.6 is 0 Å². The molecule has 0 radical (unpaired) electrons. The van der Waals surface area contributed by atoms with Gasteiger partial charge in [-0.15, -0.1) is 0 Å². The van der Waals surface area contributed by atoms with Crippen molar-refractivity contribution in [1.29, 1.82) is 0 Å². The van der Waals surface area contributed by atoms with Gasteiger partial charge in [-0.25, -0.2) is 4.39 Å². The van der Waals surface area contributed by atoms with Gasteiger partial charge in [-0.05, 0) is 74.8 Å². The van der Waals surface area contributed by atoms with Crippen LogP contribution in [0.4, 0.5) is 4.39 Å². The maximum Gasteiger partial charge on any atom is 0.287 e. The van der Waals surface area contributed by atoms with E-state index in [0.29, 0.717) is 25.4 Å². The van der Waals surface area contributed by atoms with Gasteiger partial charge >= 0.3 is 0 Å². The molecule has 1 atom stereocenters. The van der Waals surface area contributed by atoms with Gasteiger partial charge in [0, 0.05) is 19.1 Å². The normalized spacial score (nSPS) is 12.3. The van der Waals surface area contributed by atoms with Crippen molar-refractivity contribution in [2.24, 2.45) is 0 Å². The molecule has 1 N–H and O–H groups in total. The number of furan rings is 1. The average Bonchev–Trinajstić information content (AvgIpc) is 3.32. The molecule has 0 aliphatic carbocycles. The minimum absolute atomic E-state index is 0.0830. The Labute approximate surface area is 208 Å². The van der Waals surface area contributed by atoms with E-state index in [0.717, 1.165) is 43.8 Å². The van der Waals surface area contributed by atoms with E-state index in [1.54, 1.807) is 18.2 Å². The van der Waals surface area contributed by atoms with Crippen LogP contribution in [0.2, 0.25) is 0 Å². The largest absolute Gasteiger partial charge is 0.455 e. The number of rotatable bonds is 14. The summed E-state index contributed by atoms with van der Waals surface area (Å²) < 4.78 is 19.3. The summed E-state index contributed by atoms with van der Waals surface area (Å²) in [5.74, 6) is 0.631. The summed E-state index contributed by atoms with van der Waals surface area (Å²) in [6.45, 7) is 11.4. The van der Waals surface area contributed by atoms with Crippen LogP contribution in [0.1, 0.15) is 61.1 Å². The molecule has 0 aliphatic heterocycles. The monoisotopic (exact) mass is 479 g/mol. The van der Waals surface area contributed by atoms with Crippen LogP contribution in [0.5, 0.6) is 0 Å². The van der Waals surface area contributed by atoms with E-state index in [4.69, 9.17) is 4.42 Å². The molecule has 1 heterocycles. The Morgan fingerprint density at radius 1 is 0.886 bits per heavy atom. The van der Waals surface area contributed by atoms with Crippen molar-refractivity contribution >= 4 is 5.91 Å². The molecule has 0 saturated carbocycles. The molecule has 3 rings (SSSR count). The zero-order valence-corrected chi connectivity index (χ0v) is 21.2. The lowest BCUT2D eigenvalue weighted by molar-refractivity contribution is 0.0904. The third-order valence-corrected chi connectivity index (χ3v) is 6.22. The number of hydrogen-bond acceptors (Lipinski definition) is 4. The number of halogens is 1. The smallest absolute Gasteiger partial charge is 0.287 e. The number of carbonyl (C=O) groups excluding carboxylic acids is 1. The highest BCUT2D eigenvalue weighted by molar-refractivity contribution is 5.91. The molecule has 0 spiro atoms. The Balaban J connectivity index is 1.58. The summed E-state index contributed by atoms with van der Waals surface area (Å²) in [7, 11) is 0. The van der Waals surface area contributed by atoms with E-state index in [1.165, 1.54) is 17.7 Å². The Morgan fingerprint density at radius 2 is 1.54 bits per heavy atom. The van der Waals surface area contributed by atoms with Crippen molar-refractivity contribution in [3.8, 4) is 0 Å². The summed E-state index contributed by atoms with van der Waals surface area (Å²) in [6.07, 6.45) is 1.97. The molecule has 1 amide bonds. The quantitative estimate of drug-likeness (QED) is 0.315. The van der Waals surface area contributed by atoms with E-state index in [-0.39, 0.29) is 17.8 Å². The van der Waals surface area contributed by atoms with Gasteiger partial charge in [-0.2, -0.15) is 0 Å². The topological polar surface area (TPSA) is 48.7 Å². The van der Waals surface area contributed by atoms with Gasteiger partial charge < -0.3 is 14.6 Å². The second-order valence-corrected chi connectivity index (χ2v) is 9.07. The molecule has 0 aliphatic rings. The minimum Gasteiger partial charge on any atom is -0.455 e. The third-order valence-electron chi connectivity index (χ3n) is 6.22. The summed E-state index contributed by atoms with van der Waals surface area (Å²) in [4.78, 5) is 17.3. The molecule has 2 aromatic carbocycles. The highest BCUT2D eigenvalue weighted by atomic mass is 19.1. The molecule has 6 heteroatoms. The van der Waals surface area contributed by atoms with Crippen LogP contribution < -0.4 is 5.32 Å². The van der Waals surface area contributed by atoms with Crippen LogP contribution in [-0.2, 0) is 19.6 Å². The second kappa shape index (κ2) is 13.8. The van der Waals surface area contributed by atoms with Gasteiger partial charge in [0.1, 0.15) is 11.6 Å². The average molecular weight is 480 g/mol. The van der Waals surface area contributed by atoms with Crippen molar-refractivity contribution in [3.05, 3.63) is 95.2 Å². The van der Waals surface area contributed by atoms with Gasteiger partial charge in [0.15, 0.2) is 5.76 Å². The van der Waals surface area contributed by atoms with Crippen LogP contribution in [0.15, 0.2) is 71.1 Å². The molecule has 35 heavy (non-hydrogen) atoms. The Hall–Kier alpha value is -2.96. The van der Waals surface area contributed by atoms with Crippen LogP contribution in [-0.4, -0.2) is 41.4 Å². The second-order valence-electron chi connectivity index (χ2n) is 9.07. The maximum atomic E-state index is 13.4. The van der Waals surface area contributed by atoms with Crippen molar-refractivity contribution in [3.63, 3.8) is 0 Å². The highest BCUT2D eigenvalue weighted by Gasteiger charge is 2.16. The zero-order valence-electron chi connectivity index (χ0n) is 21.2. The van der Waals surface area contributed by atoms with Crippen molar-refractivity contribution in [2.45, 2.75) is 59.3 Å². The van der Waals surface area contributed by atoms with Crippen molar-refractivity contribution in [1.82, 2.24) is 15.1 Å². The van der Waals surface area contributed by atoms with E-state index in [1.807, 2.05) is 31.2 Å². The number of amides is 1. The molecule has 1 unspecified atom stereocenters. The SMILES string of the molecule is CCN(CC)CCCC(C)NC(=O)c1ccc(CN(Cc2ccccc2)Cc2ccc(F)cc2)o1. The first-order valence-electron chi connectivity index (χ1n) is 12.6. The number of benzene rings is 2. The minimum atomic E-state index is -0.243. The highest BCUT2D eigenvalue weighted by Crippen LogP contribution is 2.17. The predicted octanol–water partition coefficient (Wildman–Crippen LogP) is 5.86. The Kier molecular flexibility index (Phi) is 10.5. The van der Waals surface area contributed by atoms with Crippen LogP contribution in [0, 0.1) is 5.82 Å². The molecule has 0 saturated heterocycles. The number of carbonyl (C=O) groups is 1. The zero-order chi connectivity index (χ0) is 25.0. The fourth-order valence-corrected chi connectivity index (χ4v) is 4.19. The van der Waals surface area contributed by atoms with E-state index in [9.17, 15) is 9.18 Å². The van der Waals surface area contributed by atoms with Crippen molar-refractivity contribution < 1.29 is 13.6 Å². The first-order valence-corrected chi connectivity index (χ1v) is 12.6.